The molecule has 2 aromatic rings. The lowest BCUT2D eigenvalue weighted by molar-refractivity contribution is 0.193. The van der Waals surface area contributed by atoms with Crippen molar-refractivity contribution in [2.75, 3.05) is 13.2 Å². The number of hydrogen-bond donors (Lipinski definition) is 0. The molecule has 0 aliphatic carbocycles. The second kappa shape index (κ2) is 5.23. The first-order chi connectivity index (χ1) is 8.34. The van der Waals surface area contributed by atoms with Crippen molar-refractivity contribution in [1.29, 1.82) is 0 Å². The number of aryl methyl sites for hydroxylation is 1. The smallest absolute Gasteiger partial charge is 0.177 e. The summed E-state index contributed by atoms with van der Waals surface area (Å²) in [6, 6.07) is 3.88. The summed E-state index contributed by atoms with van der Waals surface area (Å²) in [4.78, 5) is 0. The van der Waals surface area contributed by atoms with Crippen molar-refractivity contribution in [3.8, 4) is 0 Å². The van der Waals surface area contributed by atoms with Gasteiger partial charge in [0.2, 0.25) is 0 Å². The van der Waals surface area contributed by atoms with Crippen LogP contribution >= 0.6 is 0 Å². The summed E-state index contributed by atoms with van der Waals surface area (Å²) in [5.41, 5.74) is 1.78. The average molecular weight is 234 g/mol. The van der Waals surface area contributed by atoms with E-state index in [-0.39, 0.29) is 0 Å². The van der Waals surface area contributed by atoms with E-state index >= 15 is 0 Å². The predicted molar refractivity (Wildman–Crippen MR) is 65.0 cm³/mol. The van der Waals surface area contributed by atoms with Crippen LogP contribution in [0.25, 0.3) is 5.65 Å². The number of fused-ring (bicyclic) bond motifs is 1. The van der Waals surface area contributed by atoms with Crippen molar-refractivity contribution < 1.29 is 4.74 Å². The van der Waals surface area contributed by atoms with E-state index in [1.165, 1.54) is 0 Å². The highest BCUT2D eigenvalue weighted by molar-refractivity contribution is 5.36. The summed E-state index contributed by atoms with van der Waals surface area (Å²) in [5, 5.41) is 12.7. The first kappa shape index (κ1) is 12.0. The van der Waals surface area contributed by atoms with E-state index in [4.69, 9.17) is 4.74 Å². The molecule has 0 aromatic carbocycles. The zero-order valence-electron chi connectivity index (χ0n) is 10.6. The van der Waals surface area contributed by atoms with Crippen molar-refractivity contribution in [3.63, 3.8) is 0 Å². The lowest BCUT2D eigenvalue weighted by Crippen LogP contribution is -2.06. The van der Waals surface area contributed by atoms with Gasteiger partial charge in [-0.3, -0.25) is 0 Å². The summed E-state index contributed by atoms with van der Waals surface area (Å²) in [7, 11) is 0. The highest BCUT2D eigenvalue weighted by Gasteiger charge is 2.23. The monoisotopic (exact) mass is 234 g/mol. The van der Waals surface area contributed by atoms with Gasteiger partial charge >= 0.3 is 0 Å². The molecule has 0 saturated carbocycles. The lowest BCUT2D eigenvalue weighted by atomic mass is 10.1. The third kappa shape index (κ3) is 2.29. The molecular formula is C12H18N4O. The van der Waals surface area contributed by atoms with Gasteiger partial charge in [-0.1, -0.05) is 13.8 Å². The Hall–Kier alpha value is -1.49. The SMILES string of the molecule is CC.Cc1ccc2nnc(C3CCOC3)n2n1. The van der Waals surface area contributed by atoms with Gasteiger partial charge in [0.25, 0.3) is 0 Å². The van der Waals surface area contributed by atoms with E-state index in [2.05, 4.69) is 15.3 Å². The van der Waals surface area contributed by atoms with Crippen LogP contribution in [0.15, 0.2) is 12.1 Å². The summed E-state index contributed by atoms with van der Waals surface area (Å²) in [6.45, 7) is 7.51. The van der Waals surface area contributed by atoms with Gasteiger partial charge < -0.3 is 4.74 Å². The zero-order chi connectivity index (χ0) is 12.3. The molecule has 0 radical (unpaired) electrons. The van der Waals surface area contributed by atoms with Crippen LogP contribution in [0.2, 0.25) is 0 Å². The molecular weight excluding hydrogens is 216 g/mol. The molecule has 5 nitrogen and oxygen atoms in total. The molecule has 0 bridgehead atoms. The predicted octanol–water partition coefficient (Wildman–Crippen LogP) is 1.96. The van der Waals surface area contributed by atoms with Crippen LogP contribution in [0.1, 0.15) is 37.7 Å². The van der Waals surface area contributed by atoms with Crippen LogP contribution in [-0.2, 0) is 4.74 Å². The Bertz CT molecular complexity index is 488. The van der Waals surface area contributed by atoms with E-state index in [1.807, 2.05) is 37.4 Å². The van der Waals surface area contributed by atoms with Crippen LogP contribution in [0, 0.1) is 6.92 Å². The van der Waals surface area contributed by atoms with E-state index in [0.29, 0.717) is 5.92 Å². The van der Waals surface area contributed by atoms with Gasteiger partial charge in [-0.25, -0.2) is 0 Å². The molecule has 0 spiro atoms. The first-order valence-corrected chi connectivity index (χ1v) is 6.11. The standard InChI is InChI=1S/C10H12N4O.C2H6/c1-7-2-3-9-11-12-10(14(9)13-7)8-4-5-15-6-8;1-2/h2-3,8H,4-6H2,1H3;1-2H3. The van der Waals surface area contributed by atoms with E-state index in [9.17, 15) is 0 Å². The summed E-state index contributed by atoms with van der Waals surface area (Å²) in [6.07, 6.45) is 1.01. The first-order valence-electron chi connectivity index (χ1n) is 6.11. The zero-order valence-corrected chi connectivity index (χ0v) is 10.6. The summed E-state index contributed by atoms with van der Waals surface area (Å²) in [5.74, 6) is 1.26. The Labute approximate surface area is 101 Å². The largest absolute Gasteiger partial charge is 0.381 e. The Morgan fingerprint density at radius 3 is 2.82 bits per heavy atom. The molecule has 1 aliphatic heterocycles. The third-order valence-corrected chi connectivity index (χ3v) is 2.72. The van der Waals surface area contributed by atoms with Gasteiger partial charge in [-0.05, 0) is 25.5 Å². The minimum absolute atomic E-state index is 0.342. The molecule has 3 rings (SSSR count). The van der Waals surface area contributed by atoms with Gasteiger partial charge in [-0.15, -0.1) is 10.2 Å². The maximum absolute atomic E-state index is 5.35. The molecule has 17 heavy (non-hydrogen) atoms. The lowest BCUT2D eigenvalue weighted by Gasteiger charge is -2.04. The fraction of sp³-hybridized carbons (Fsp3) is 0.583. The molecule has 1 fully saturated rings. The van der Waals surface area contributed by atoms with E-state index in [1.54, 1.807) is 0 Å². The molecule has 3 heterocycles. The summed E-state index contributed by atoms with van der Waals surface area (Å²) >= 11 is 0. The number of aromatic nitrogens is 4. The minimum atomic E-state index is 0.342. The van der Waals surface area contributed by atoms with Crippen molar-refractivity contribution >= 4 is 5.65 Å². The van der Waals surface area contributed by atoms with Crippen LogP contribution in [0.3, 0.4) is 0 Å². The van der Waals surface area contributed by atoms with Gasteiger partial charge in [-0.2, -0.15) is 9.61 Å². The van der Waals surface area contributed by atoms with E-state index in [0.717, 1.165) is 36.8 Å². The van der Waals surface area contributed by atoms with Crippen LogP contribution in [-0.4, -0.2) is 33.0 Å². The van der Waals surface area contributed by atoms with Crippen molar-refractivity contribution in [2.24, 2.45) is 0 Å². The second-order valence-corrected chi connectivity index (χ2v) is 3.86. The quantitative estimate of drug-likeness (QED) is 0.757. The number of ether oxygens (including phenoxy) is 1. The van der Waals surface area contributed by atoms with Crippen molar-refractivity contribution in [3.05, 3.63) is 23.7 Å². The summed E-state index contributed by atoms with van der Waals surface area (Å²) < 4.78 is 7.18. The normalized spacial score (nSPS) is 19.1. The molecule has 1 atom stereocenters. The maximum atomic E-state index is 5.35. The molecule has 92 valence electrons. The molecule has 2 aromatic heterocycles. The van der Waals surface area contributed by atoms with Crippen molar-refractivity contribution in [2.45, 2.75) is 33.1 Å². The average Bonchev–Trinajstić information content (AvgIpc) is 2.98. The number of nitrogens with zero attached hydrogens (tertiary/aromatic N) is 4. The topological polar surface area (TPSA) is 52.3 Å². The van der Waals surface area contributed by atoms with Gasteiger partial charge in [0.1, 0.15) is 0 Å². The fourth-order valence-electron chi connectivity index (χ4n) is 1.89. The highest BCUT2D eigenvalue weighted by atomic mass is 16.5. The minimum Gasteiger partial charge on any atom is -0.381 e. The third-order valence-electron chi connectivity index (χ3n) is 2.72. The van der Waals surface area contributed by atoms with Crippen LogP contribution < -0.4 is 0 Å². The second-order valence-electron chi connectivity index (χ2n) is 3.86. The molecule has 1 saturated heterocycles. The Morgan fingerprint density at radius 2 is 2.12 bits per heavy atom. The maximum Gasteiger partial charge on any atom is 0.177 e. The molecule has 5 heteroatoms. The highest BCUT2D eigenvalue weighted by Crippen LogP contribution is 2.23. The van der Waals surface area contributed by atoms with Crippen LogP contribution in [0.4, 0.5) is 0 Å². The molecule has 1 unspecified atom stereocenters. The Balaban J connectivity index is 0.000000514. The van der Waals surface area contributed by atoms with Crippen molar-refractivity contribution in [1.82, 2.24) is 19.8 Å². The number of rotatable bonds is 1. The van der Waals surface area contributed by atoms with Gasteiger partial charge in [0.15, 0.2) is 11.5 Å². The molecule has 0 amide bonds. The Morgan fingerprint density at radius 1 is 1.29 bits per heavy atom. The van der Waals surface area contributed by atoms with Gasteiger partial charge in [0, 0.05) is 12.5 Å². The van der Waals surface area contributed by atoms with Gasteiger partial charge in [0.05, 0.1) is 12.3 Å². The van der Waals surface area contributed by atoms with Crippen LogP contribution in [0.5, 0.6) is 0 Å². The Kier molecular flexibility index (Phi) is 3.68. The number of hydrogen-bond acceptors (Lipinski definition) is 4. The van der Waals surface area contributed by atoms with E-state index < -0.39 is 0 Å². The molecule has 0 N–H and O–H groups in total. The molecule has 1 aliphatic rings. The fourth-order valence-corrected chi connectivity index (χ4v) is 1.89.